The van der Waals surface area contributed by atoms with Crippen LogP contribution in [0.2, 0.25) is 0 Å². The van der Waals surface area contributed by atoms with E-state index >= 15 is 0 Å². The van der Waals surface area contributed by atoms with Gasteiger partial charge >= 0.3 is 0 Å². The van der Waals surface area contributed by atoms with Gasteiger partial charge in [-0.25, -0.2) is 0 Å². The van der Waals surface area contributed by atoms with Gasteiger partial charge in [0.05, 0.1) is 35.9 Å². The van der Waals surface area contributed by atoms with Crippen molar-refractivity contribution in [1.29, 1.82) is 0 Å². The van der Waals surface area contributed by atoms with Crippen LogP contribution in [0.5, 0.6) is 0 Å². The number of nitrogens with one attached hydrogen (secondary N) is 9. The Bertz CT molecular complexity index is 4390. The second-order valence-corrected chi connectivity index (χ2v) is 37.7. The van der Waals surface area contributed by atoms with E-state index < -0.39 is 181 Å². The van der Waals surface area contributed by atoms with Crippen molar-refractivity contribution < 1.29 is 118 Å². The molecule has 0 radical (unpaired) electrons. The summed E-state index contributed by atoms with van der Waals surface area (Å²) in [5.74, 6) is -3.07. The Kier molecular flexibility index (Phi) is 49.3. The van der Waals surface area contributed by atoms with Crippen LogP contribution in [0.3, 0.4) is 0 Å². The van der Waals surface area contributed by atoms with Crippen molar-refractivity contribution in [3.05, 3.63) is 215 Å². The SMILES string of the molecule is CC(=O)N[C@H]1[C@H](OCCCCCCNC(=O)CC[C@H](NC(=O)CC[C@H](NC(=O)CCCCCN(CCSC(c2ccccc2)(c2ccccc2)c2ccccc2)CC(=O)NCCSC(c2ccccc2)(c2ccccc2)c2ccccc2)C(=O)NCCCCCCO[C@@H]2O[C@H](CO)[C@H](O)[C@H](O)[C@H]2NC(C)=O)C(=O)NCCCCCCO[C@@H]2O[C@H](CO)[C@H](O)[C@H](O)[C@H]2NC(C)=O)O[C@H](CO)[C@H](O)[C@@H]1O. The van der Waals surface area contributed by atoms with Crippen molar-refractivity contribution in [3.63, 3.8) is 0 Å². The number of benzene rings is 6. The summed E-state index contributed by atoms with van der Waals surface area (Å²) in [6.07, 6.45) is -8.43. The van der Waals surface area contributed by atoms with Crippen LogP contribution in [0.25, 0.3) is 0 Å². The molecule has 36 heteroatoms. The van der Waals surface area contributed by atoms with Crippen molar-refractivity contribution in [3.8, 4) is 0 Å². The van der Waals surface area contributed by atoms with Crippen LogP contribution in [-0.2, 0) is 81.1 Å². The van der Waals surface area contributed by atoms with E-state index in [9.17, 15) is 89.1 Å². The van der Waals surface area contributed by atoms with E-state index in [2.05, 4.69) is 162 Å². The van der Waals surface area contributed by atoms with Crippen LogP contribution in [0.1, 0.15) is 183 Å². The average molecular weight is 1960 g/mol. The molecule has 138 heavy (non-hydrogen) atoms. The quantitative estimate of drug-likeness (QED) is 0.0179. The van der Waals surface area contributed by atoms with E-state index in [1.54, 1.807) is 23.5 Å². The van der Waals surface area contributed by atoms with Crippen molar-refractivity contribution in [2.75, 3.05) is 97.0 Å². The molecule has 0 bridgehead atoms. The van der Waals surface area contributed by atoms with Crippen LogP contribution >= 0.6 is 23.5 Å². The maximum absolute atomic E-state index is 14.5. The van der Waals surface area contributed by atoms with Crippen molar-refractivity contribution in [2.45, 2.75) is 263 Å². The van der Waals surface area contributed by atoms with Gasteiger partial charge in [0, 0.05) is 104 Å². The molecule has 6 aromatic carbocycles. The van der Waals surface area contributed by atoms with Gasteiger partial charge in [-0.15, -0.1) is 23.5 Å². The monoisotopic (exact) mass is 1960 g/mol. The molecule has 0 aromatic heterocycles. The summed E-state index contributed by atoms with van der Waals surface area (Å²) >= 11 is 3.57. The summed E-state index contributed by atoms with van der Waals surface area (Å²) in [5.41, 5.74) is 6.64. The van der Waals surface area contributed by atoms with E-state index in [-0.39, 0.29) is 84.0 Å². The zero-order valence-corrected chi connectivity index (χ0v) is 80.9. The van der Waals surface area contributed by atoms with Gasteiger partial charge in [-0.2, -0.15) is 0 Å². The number of unbranched alkanes of at least 4 members (excludes halogenated alkanes) is 11. The molecule has 3 aliphatic heterocycles. The second kappa shape index (κ2) is 60.7. The van der Waals surface area contributed by atoms with Crippen LogP contribution in [0, 0.1) is 0 Å². The molecular weight excluding hydrogens is 1810 g/mol. The number of hydrogen-bond acceptors (Lipinski definition) is 27. The highest BCUT2D eigenvalue weighted by molar-refractivity contribution is 8.00. The lowest BCUT2D eigenvalue weighted by Crippen LogP contribution is -2.64. The molecule has 758 valence electrons. The highest BCUT2D eigenvalue weighted by atomic mass is 32.2. The lowest BCUT2D eigenvalue weighted by molar-refractivity contribution is -0.270. The Hall–Kier alpha value is -9.39. The van der Waals surface area contributed by atoms with E-state index in [0.717, 1.165) is 33.4 Å². The lowest BCUT2D eigenvalue weighted by Gasteiger charge is -2.42. The maximum atomic E-state index is 14.5. The summed E-state index contributed by atoms with van der Waals surface area (Å²) in [5, 5.41) is 118. The molecule has 0 aliphatic carbocycles. The van der Waals surface area contributed by atoms with Crippen molar-refractivity contribution >= 4 is 76.7 Å². The zero-order chi connectivity index (χ0) is 99.0. The fraction of sp³-hybridized carbons (Fsp3) is 0.559. The third-order valence-corrected chi connectivity index (χ3v) is 27.7. The molecule has 3 aliphatic rings. The number of aliphatic hydroxyl groups excluding tert-OH is 9. The van der Waals surface area contributed by atoms with E-state index in [1.165, 1.54) is 20.8 Å². The van der Waals surface area contributed by atoms with Gasteiger partial charge in [-0.05, 0) is 104 Å². The van der Waals surface area contributed by atoms with Gasteiger partial charge in [0.1, 0.15) is 85.1 Å². The minimum absolute atomic E-state index is 0.00450. The highest BCUT2D eigenvalue weighted by Gasteiger charge is 2.49. The van der Waals surface area contributed by atoms with E-state index in [1.807, 2.05) is 72.8 Å². The Labute approximate surface area is 817 Å². The number of thioether (sulfide) groups is 2. The molecule has 18 N–H and O–H groups in total. The van der Waals surface area contributed by atoms with Gasteiger partial charge in [-0.3, -0.25) is 48.1 Å². The Morgan fingerprint density at radius 1 is 0.341 bits per heavy atom. The first-order chi connectivity index (χ1) is 66.8. The maximum Gasteiger partial charge on any atom is 0.242 e. The topological polar surface area (TPSA) is 503 Å². The van der Waals surface area contributed by atoms with E-state index in [4.69, 9.17) is 28.4 Å². The van der Waals surface area contributed by atoms with Crippen LogP contribution in [0.15, 0.2) is 182 Å². The number of carbonyl (C=O) groups is 9. The van der Waals surface area contributed by atoms with Crippen LogP contribution < -0.4 is 47.9 Å². The molecule has 6 aromatic rings. The molecule has 3 saturated heterocycles. The molecule has 3 heterocycles. The molecule has 9 rings (SSSR count). The average Bonchev–Trinajstić information content (AvgIpc) is 0.759. The standard InChI is InChI=1S/C102H144N10O24S2/c1-69(116)107-87-93(126)90(123)80(66-113)134-98(87)131-60-34-7-4-30-54-103-83(119)52-50-78(96(129)105-55-31-5-8-35-61-132-99-88(108-70(2)117)94(127)91(124)81(67-114)135-99)111-85(121)53-51-79(97(130)106-56-32-6-9-36-62-133-100-89(109-71(3)118)95(128)92(125)82(68-115)136-100)110-84(120)49-29-16-33-58-112(59-64-138-102(75-43-23-13-24-44-75,76-45-25-14-26-46-76)77-47-27-15-28-48-77)65-86(122)104-57-63-137-101(72-37-17-10-18-38-72,73-39-19-11-20-40-73)74-41-21-12-22-42-74/h10-15,17-28,37-48,78-82,87-95,98-100,113-115,123-128H,4-9,16,29-36,49-68H2,1-3H3,(H,103,119)(H,104,122)(H,105,129)(H,106,130)(H,107,116)(H,108,117)(H,109,118)(H,110,120)(H,111,121)/t78-,79-,80+,81+,82+,87+,88+,89+,90-,91-,92-,93+,94+,95+,98+,99+,100+/m0/s1. The largest absolute Gasteiger partial charge is 0.394 e. The first-order valence-corrected chi connectivity index (χ1v) is 50.3. The first-order valence-electron chi connectivity index (χ1n) is 48.4. The summed E-state index contributed by atoms with van der Waals surface area (Å²) in [6, 6.07) is 56.7. The zero-order valence-electron chi connectivity index (χ0n) is 79.3. The van der Waals surface area contributed by atoms with E-state index in [0.29, 0.717) is 127 Å². The molecule has 17 atom stereocenters. The number of hydrogen-bond donors (Lipinski definition) is 18. The van der Waals surface area contributed by atoms with Crippen LogP contribution in [-0.4, -0.2) is 305 Å². The third-order valence-electron chi connectivity index (χ3n) is 24.7. The number of rotatable bonds is 62. The second-order valence-electron chi connectivity index (χ2n) is 35.1. The minimum atomic E-state index is -1.48. The summed E-state index contributed by atoms with van der Waals surface area (Å²) in [4.78, 5) is 123. The Balaban J connectivity index is 0.844. The smallest absolute Gasteiger partial charge is 0.242 e. The molecule has 34 nitrogen and oxygen atoms in total. The van der Waals surface area contributed by atoms with Gasteiger partial charge in [0.15, 0.2) is 18.9 Å². The summed E-state index contributed by atoms with van der Waals surface area (Å²) in [6.45, 7) is 4.42. The number of nitrogens with zero attached hydrogens (tertiary/aromatic N) is 1. The normalized spacial score (nSPS) is 22.0. The van der Waals surface area contributed by atoms with Crippen LogP contribution in [0.4, 0.5) is 0 Å². The lowest BCUT2D eigenvalue weighted by atomic mass is 9.84. The Morgan fingerprint density at radius 3 is 0.971 bits per heavy atom. The fourth-order valence-electron chi connectivity index (χ4n) is 17.4. The predicted molar refractivity (Wildman–Crippen MR) is 522 cm³/mol. The predicted octanol–water partition coefficient (Wildman–Crippen LogP) is 4.86. The highest BCUT2D eigenvalue weighted by Crippen LogP contribution is 2.50. The molecule has 0 saturated carbocycles. The molecule has 9 amide bonds. The summed E-state index contributed by atoms with van der Waals surface area (Å²) < 4.78 is 33.4. The number of amides is 9. The number of carbonyl (C=O) groups excluding carboxylic acids is 9. The van der Waals surface area contributed by atoms with Gasteiger partial charge < -0.3 is 122 Å². The first kappa shape index (κ1) is 112. The molecule has 0 unspecified atom stereocenters. The third kappa shape index (κ3) is 35.1. The number of ether oxygens (including phenoxy) is 6. The van der Waals surface area contributed by atoms with Crippen molar-refractivity contribution in [1.82, 2.24) is 52.8 Å². The molecule has 0 spiro atoms. The van der Waals surface area contributed by atoms with Crippen molar-refractivity contribution in [2.24, 2.45) is 0 Å². The summed E-state index contributed by atoms with van der Waals surface area (Å²) in [7, 11) is 0. The van der Waals surface area contributed by atoms with Gasteiger partial charge in [0.2, 0.25) is 53.2 Å². The van der Waals surface area contributed by atoms with Gasteiger partial charge in [-0.1, -0.05) is 227 Å². The molecular formula is C102H144N10O24S2. The Morgan fingerprint density at radius 2 is 0.638 bits per heavy atom. The number of aliphatic hydroxyl groups is 9. The minimum Gasteiger partial charge on any atom is -0.394 e. The fourth-order valence-corrected chi connectivity index (χ4v) is 20.4. The van der Waals surface area contributed by atoms with Gasteiger partial charge in [0.25, 0.3) is 0 Å². The molecule has 3 fully saturated rings.